The predicted octanol–water partition coefficient (Wildman–Crippen LogP) is 3.58. The van der Waals surface area contributed by atoms with Gasteiger partial charge in [-0.3, -0.25) is 14.4 Å². The molecule has 2 heterocycles. The molecule has 0 saturated heterocycles. The van der Waals surface area contributed by atoms with Gasteiger partial charge in [0.1, 0.15) is 17.6 Å². The summed E-state index contributed by atoms with van der Waals surface area (Å²) in [6, 6.07) is 16.1. The number of ether oxygens (including phenoxy) is 4. The number of sulfonamides is 1. The number of hydrogen-bond acceptors (Lipinski definition) is 9. The van der Waals surface area contributed by atoms with Gasteiger partial charge in [0.15, 0.2) is 11.5 Å². The summed E-state index contributed by atoms with van der Waals surface area (Å²) >= 11 is 0. The SMILES string of the molecule is COc1ccc(S(=O)(=O)Nc2ccc3c(c2)C(=O)N([C@H](C)CO)C[C@H](C)[C@@H](CN(C)Cc2ccc4c(c2)OCO4)O3)cc1. The average molecular weight is 612 g/mol. The second-order valence-corrected chi connectivity index (χ2v) is 12.7. The van der Waals surface area contributed by atoms with Crippen LogP contribution in [0.1, 0.15) is 29.8 Å². The molecule has 3 aromatic carbocycles. The van der Waals surface area contributed by atoms with E-state index < -0.39 is 16.1 Å². The van der Waals surface area contributed by atoms with Crippen molar-refractivity contribution in [1.29, 1.82) is 0 Å². The molecule has 11 nitrogen and oxygen atoms in total. The number of benzene rings is 3. The van der Waals surface area contributed by atoms with Crippen molar-refractivity contribution in [3.05, 3.63) is 71.8 Å². The Morgan fingerprint density at radius 2 is 1.79 bits per heavy atom. The lowest BCUT2D eigenvalue weighted by Crippen LogP contribution is -2.49. The van der Waals surface area contributed by atoms with Crippen molar-refractivity contribution in [3.63, 3.8) is 0 Å². The fraction of sp³-hybridized carbons (Fsp3) is 0.387. The maximum absolute atomic E-state index is 13.8. The molecule has 0 radical (unpaired) electrons. The third kappa shape index (κ3) is 6.82. The Bertz CT molecular complexity index is 1560. The lowest BCUT2D eigenvalue weighted by molar-refractivity contribution is 0.0341. The van der Waals surface area contributed by atoms with Gasteiger partial charge < -0.3 is 29.0 Å². The topological polar surface area (TPSA) is 127 Å². The highest BCUT2D eigenvalue weighted by Crippen LogP contribution is 2.34. The minimum absolute atomic E-state index is 0.0533. The van der Waals surface area contributed by atoms with Crippen LogP contribution in [0.25, 0.3) is 0 Å². The van der Waals surface area contributed by atoms with Crippen molar-refractivity contribution in [2.24, 2.45) is 5.92 Å². The number of likely N-dealkylation sites (N-methyl/N-ethyl adjacent to an activating group) is 1. The number of nitrogens with zero attached hydrogens (tertiary/aromatic N) is 2. The van der Waals surface area contributed by atoms with Crippen LogP contribution >= 0.6 is 0 Å². The summed E-state index contributed by atoms with van der Waals surface area (Å²) in [7, 11) is -0.438. The van der Waals surface area contributed by atoms with Crippen molar-refractivity contribution in [3.8, 4) is 23.0 Å². The van der Waals surface area contributed by atoms with Gasteiger partial charge in [0.05, 0.1) is 30.2 Å². The number of amides is 1. The predicted molar refractivity (Wildman–Crippen MR) is 160 cm³/mol. The van der Waals surface area contributed by atoms with E-state index in [0.29, 0.717) is 31.1 Å². The molecule has 0 aliphatic carbocycles. The molecule has 0 unspecified atom stereocenters. The summed E-state index contributed by atoms with van der Waals surface area (Å²) in [6.45, 7) is 5.34. The second-order valence-electron chi connectivity index (χ2n) is 11.0. The fourth-order valence-corrected chi connectivity index (χ4v) is 6.25. The first-order valence-electron chi connectivity index (χ1n) is 14.0. The smallest absolute Gasteiger partial charge is 0.261 e. The Balaban J connectivity index is 1.39. The first-order chi connectivity index (χ1) is 20.6. The third-order valence-electron chi connectivity index (χ3n) is 7.67. The molecule has 2 aliphatic heterocycles. The Labute approximate surface area is 252 Å². The molecule has 2 aliphatic rings. The highest BCUT2D eigenvalue weighted by atomic mass is 32.2. The largest absolute Gasteiger partial charge is 0.497 e. The molecule has 0 aromatic heterocycles. The van der Waals surface area contributed by atoms with E-state index in [1.54, 1.807) is 36.1 Å². The van der Waals surface area contributed by atoms with Crippen LogP contribution in [-0.2, 0) is 16.6 Å². The van der Waals surface area contributed by atoms with E-state index in [-0.39, 0.29) is 47.5 Å². The van der Waals surface area contributed by atoms with Gasteiger partial charge >= 0.3 is 0 Å². The Morgan fingerprint density at radius 1 is 1.07 bits per heavy atom. The van der Waals surface area contributed by atoms with E-state index in [9.17, 15) is 18.3 Å². The first-order valence-corrected chi connectivity index (χ1v) is 15.5. The minimum Gasteiger partial charge on any atom is -0.497 e. The van der Waals surface area contributed by atoms with Crippen LogP contribution in [0.4, 0.5) is 5.69 Å². The molecule has 0 fully saturated rings. The van der Waals surface area contributed by atoms with Crippen LogP contribution in [0.15, 0.2) is 65.6 Å². The third-order valence-corrected chi connectivity index (χ3v) is 9.07. The van der Waals surface area contributed by atoms with Gasteiger partial charge in [-0.05, 0) is 74.1 Å². The molecule has 0 saturated carbocycles. The maximum Gasteiger partial charge on any atom is 0.261 e. The number of aliphatic hydroxyl groups is 1. The Kier molecular flexibility index (Phi) is 9.00. The molecule has 3 atom stereocenters. The fourth-order valence-electron chi connectivity index (χ4n) is 5.20. The van der Waals surface area contributed by atoms with E-state index in [2.05, 4.69) is 9.62 Å². The molecular weight excluding hydrogens is 574 g/mol. The zero-order valence-electron chi connectivity index (χ0n) is 24.6. The molecule has 43 heavy (non-hydrogen) atoms. The second kappa shape index (κ2) is 12.7. The Morgan fingerprint density at radius 3 is 2.51 bits per heavy atom. The van der Waals surface area contributed by atoms with E-state index in [1.165, 1.54) is 25.3 Å². The number of anilines is 1. The number of carbonyl (C=O) groups excluding carboxylic acids is 1. The van der Waals surface area contributed by atoms with Crippen LogP contribution in [-0.4, -0.2) is 82.0 Å². The summed E-state index contributed by atoms with van der Waals surface area (Å²) in [6.07, 6.45) is -0.305. The zero-order valence-corrected chi connectivity index (χ0v) is 25.5. The van der Waals surface area contributed by atoms with Crippen molar-refractivity contribution in [2.45, 2.75) is 37.4 Å². The number of aliphatic hydroxyl groups excluding tert-OH is 1. The Hall–Kier alpha value is -4.00. The molecule has 1 amide bonds. The molecule has 230 valence electrons. The summed E-state index contributed by atoms with van der Waals surface area (Å²) < 4.78 is 51.3. The quantitative estimate of drug-likeness (QED) is 0.354. The van der Waals surface area contributed by atoms with Crippen LogP contribution in [0.5, 0.6) is 23.0 Å². The summed E-state index contributed by atoms with van der Waals surface area (Å²) in [4.78, 5) is 17.6. The van der Waals surface area contributed by atoms with Gasteiger partial charge in [0.25, 0.3) is 15.9 Å². The number of hydrogen-bond donors (Lipinski definition) is 2. The van der Waals surface area contributed by atoms with E-state index in [0.717, 1.165) is 17.1 Å². The molecule has 0 spiro atoms. The van der Waals surface area contributed by atoms with Crippen LogP contribution in [0.3, 0.4) is 0 Å². The first kappa shape index (κ1) is 30.5. The van der Waals surface area contributed by atoms with Crippen LogP contribution < -0.4 is 23.7 Å². The average Bonchev–Trinajstić information content (AvgIpc) is 3.46. The summed E-state index contributed by atoms with van der Waals surface area (Å²) in [5.41, 5.74) is 1.49. The zero-order chi connectivity index (χ0) is 30.7. The lowest BCUT2D eigenvalue weighted by Gasteiger charge is -2.38. The number of carbonyl (C=O) groups is 1. The number of methoxy groups -OCH3 is 1. The number of rotatable bonds is 10. The van der Waals surface area contributed by atoms with Crippen LogP contribution in [0, 0.1) is 5.92 Å². The number of fused-ring (bicyclic) bond motifs is 2. The standard InChI is InChI=1S/C31H37N3O8S/c1-20-15-34(21(2)18-35)31(36)26-14-23(32-43(37,38)25-9-7-24(39-4)8-10-25)6-12-27(26)42-30(20)17-33(3)16-22-5-11-28-29(13-22)41-19-40-28/h5-14,20-21,30,32,35H,15-19H2,1-4H3/t20-,21+,30+/m0/s1. The highest BCUT2D eigenvalue weighted by molar-refractivity contribution is 7.92. The van der Waals surface area contributed by atoms with Crippen molar-refractivity contribution in [2.75, 3.05) is 45.4 Å². The van der Waals surface area contributed by atoms with Crippen molar-refractivity contribution >= 4 is 21.6 Å². The van der Waals surface area contributed by atoms with E-state index in [1.807, 2.05) is 32.2 Å². The maximum atomic E-state index is 13.8. The molecule has 2 N–H and O–H groups in total. The van der Waals surface area contributed by atoms with E-state index >= 15 is 0 Å². The highest BCUT2D eigenvalue weighted by Gasteiger charge is 2.34. The van der Waals surface area contributed by atoms with Gasteiger partial charge in [-0.15, -0.1) is 0 Å². The van der Waals surface area contributed by atoms with Gasteiger partial charge in [0, 0.05) is 31.2 Å². The number of nitrogens with one attached hydrogen (secondary N) is 1. The van der Waals surface area contributed by atoms with Gasteiger partial charge in [-0.25, -0.2) is 8.42 Å². The summed E-state index contributed by atoms with van der Waals surface area (Å²) in [5.74, 6) is 1.92. The molecule has 5 rings (SSSR count). The van der Waals surface area contributed by atoms with Gasteiger partial charge in [-0.2, -0.15) is 0 Å². The van der Waals surface area contributed by atoms with Crippen molar-refractivity contribution in [1.82, 2.24) is 9.80 Å². The van der Waals surface area contributed by atoms with E-state index in [4.69, 9.17) is 18.9 Å². The lowest BCUT2D eigenvalue weighted by atomic mass is 9.99. The molecular formula is C31H37N3O8S. The minimum atomic E-state index is -3.94. The molecule has 12 heteroatoms. The summed E-state index contributed by atoms with van der Waals surface area (Å²) in [5, 5.41) is 9.96. The van der Waals surface area contributed by atoms with Gasteiger partial charge in [0.2, 0.25) is 6.79 Å². The van der Waals surface area contributed by atoms with Gasteiger partial charge in [-0.1, -0.05) is 13.0 Å². The monoisotopic (exact) mass is 611 g/mol. The molecule has 3 aromatic rings. The molecule has 0 bridgehead atoms. The van der Waals surface area contributed by atoms with Crippen LogP contribution in [0.2, 0.25) is 0 Å². The van der Waals surface area contributed by atoms with Crippen molar-refractivity contribution < 1.29 is 37.3 Å². The normalized spacial score (nSPS) is 18.8.